The highest BCUT2D eigenvalue weighted by Crippen LogP contribution is 2.25. The summed E-state index contributed by atoms with van der Waals surface area (Å²) in [5, 5.41) is 0. The second-order valence-electron chi connectivity index (χ2n) is 3.33. The Balaban J connectivity index is 2.86. The summed E-state index contributed by atoms with van der Waals surface area (Å²) in [4.78, 5) is 0.243. The highest BCUT2D eigenvalue weighted by molar-refractivity contribution is 9.11. The van der Waals surface area contributed by atoms with E-state index in [0.717, 1.165) is 4.47 Å². The van der Waals surface area contributed by atoms with Gasteiger partial charge in [-0.2, -0.15) is 0 Å². The number of nitrogens with one attached hydrogen (secondary N) is 1. The second kappa shape index (κ2) is 6.68. The Labute approximate surface area is 119 Å². The van der Waals surface area contributed by atoms with E-state index in [2.05, 4.69) is 36.6 Å². The number of sulfonamides is 1. The standard InChI is InChI=1S/C11H13Br2NO2S/c1-2-3-4-7-14-17(15,16)11-8-9(12)5-6-10(11)13/h2-3,5-6,8,14H,4,7H2,1H3/b3-2+. The minimum atomic E-state index is -3.45. The molecule has 0 aliphatic carbocycles. The van der Waals surface area contributed by atoms with Gasteiger partial charge in [0.2, 0.25) is 10.0 Å². The average Bonchev–Trinajstić information content (AvgIpc) is 2.28. The molecule has 0 spiro atoms. The van der Waals surface area contributed by atoms with Crippen molar-refractivity contribution in [3.8, 4) is 0 Å². The van der Waals surface area contributed by atoms with E-state index >= 15 is 0 Å². The van der Waals surface area contributed by atoms with Gasteiger partial charge in [0.25, 0.3) is 0 Å². The molecule has 1 N–H and O–H groups in total. The Kier molecular flexibility index (Phi) is 5.85. The van der Waals surface area contributed by atoms with Crippen LogP contribution in [0.1, 0.15) is 13.3 Å². The largest absolute Gasteiger partial charge is 0.241 e. The van der Waals surface area contributed by atoms with Gasteiger partial charge < -0.3 is 0 Å². The van der Waals surface area contributed by atoms with E-state index < -0.39 is 10.0 Å². The number of allylic oxidation sites excluding steroid dienone is 1. The SMILES string of the molecule is C/C=C/CCNS(=O)(=O)c1cc(Br)ccc1Br. The summed E-state index contributed by atoms with van der Waals surface area (Å²) in [5.41, 5.74) is 0. The normalized spacial score (nSPS) is 12.2. The van der Waals surface area contributed by atoms with Crippen LogP contribution >= 0.6 is 31.9 Å². The number of halogens is 2. The number of rotatable bonds is 5. The zero-order valence-electron chi connectivity index (χ0n) is 9.28. The summed E-state index contributed by atoms with van der Waals surface area (Å²) < 4.78 is 27.8. The predicted octanol–water partition coefficient (Wildman–Crippen LogP) is 3.46. The summed E-state index contributed by atoms with van der Waals surface area (Å²) in [5.74, 6) is 0. The van der Waals surface area contributed by atoms with Gasteiger partial charge in [0.15, 0.2) is 0 Å². The molecule has 94 valence electrons. The zero-order chi connectivity index (χ0) is 12.9. The Morgan fingerprint density at radius 1 is 1.35 bits per heavy atom. The van der Waals surface area contributed by atoms with Crippen molar-refractivity contribution in [2.75, 3.05) is 6.54 Å². The Morgan fingerprint density at radius 2 is 2.06 bits per heavy atom. The Morgan fingerprint density at radius 3 is 2.71 bits per heavy atom. The van der Waals surface area contributed by atoms with Gasteiger partial charge in [0.05, 0.1) is 4.90 Å². The van der Waals surface area contributed by atoms with E-state index in [4.69, 9.17) is 0 Å². The summed E-state index contributed by atoms with van der Waals surface area (Å²) in [6, 6.07) is 5.05. The monoisotopic (exact) mass is 381 g/mol. The van der Waals surface area contributed by atoms with Crippen LogP contribution in [0, 0.1) is 0 Å². The molecule has 1 aromatic carbocycles. The molecule has 1 rings (SSSR count). The van der Waals surface area contributed by atoms with Gasteiger partial charge in [-0.25, -0.2) is 13.1 Å². The number of hydrogen-bond donors (Lipinski definition) is 1. The Hall–Kier alpha value is -0.170. The fourth-order valence-corrected chi connectivity index (χ4v) is 3.75. The van der Waals surface area contributed by atoms with Crippen LogP contribution in [0.3, 0.4) is 0 Å². The van der Waals surface area contributed by atoms with Gasteiger partial charge in [0, 0.05) is 15.5 Å². The van der Waals surface area contributed by atoms with Gasteiger partial charge >= 0.3 is 0 Å². The lowest BCUT2D eigenvalue weighted by Crippen LogP contribution is -2.24. The molecule has 1 aromatic rings. The first-order chi connectivity index (χ1) is 7.97. The lowest BCUT2D eigenvalue weighted by molar-refractivity contribution is 0.581. The lowest BCUT2D eigenvalue weighted by atomic mass is 10.4. The molecule has 0 saturated heterocycles. The van der Waals surface area contributed by atoms with Crippen LogP contribution in [0.25, 0.3) is 0 Å². The molecule has 0 aliphatic rings. The maximum atomic E-state index is 12.0. The molecule has 3 nitrogen and oxygen atoms in total. The molecular formula is C11H13Br2NO2S. The van der Waals surface area contributed by atoms with Crippen LogP contribution in [-0.4, -0.2) is 15.0 Å². The summed E-state index contributed by atoms with van der Waals surface area (Å²) in [6.07, 6.45) is 4.49. The quantitative estimate of drug-likeness (QED) is 0.626. The third-order valence-corrected chi connectivity index (χ3v) is 4.97. The van der Waals surface area contributed by atoms with Crippen LogP contribution < -0.4 is 4.72 Å². The van der Waals surface area contributed by atoms with E-state index in [-0.39, 0.29) is 4.90 Å². The fourth-order valence-electron chi connectivity index (χ4n) is 1.20. The lowest BCUT2D eigenvalue weighted by Gasteiger charge is -2.08. The molecule has 6 heteroatoms. The third kappa shape index (κ3) is 4.54. The van der Waals surface area contributed by atoms with E-state index in [1.54, 1.807) is 18.2 Å². The first kappa shape index (κ1) is 14.9. The van der Waals surface area contributed by atoms with E-state index in [1.807, 2.05) is 19.1 Å². The predicted molar refractivity (Wildman–Crippen MR) is 76.5 cm³/mol. The smallest absolute Gasteiger partial charge is 0.211 e. The van der Waals surface area contributed by atoms with Crippen molar-refractivity contribution >= 4 is 41.9 Å². The van der Waals surface area contributed by atoms with Crippen molar-refractivity contribution in [2.24, 2.45) is 0 Å². The molecule has 0 fully saturated rings. The van der Waals surface area contributed by atoms with Crippen LogP contribution in [0.2, 0.25) is 0 Å². The van der Waals surface area contributed by atoms with Crippen molar-refractivity contribution in [3.63, 3.8) is 0 Å². The van der Waals surface area contributed by atoms with Gasteiger partial charge in [-0.1, -0.05) is 28.1 Å². The first-order valence-corrected chi connectivity index (χ1v) is 8.10. The van der Waals surface area contributed by atoms with E-state index in [1.165, 1.54) is 0 Å². The zero-order valence-corrected chi connectivity index (χ0v) is 13.3. The average molecular weight is 383 g/mol. The molecule has 0 radical (unpaired) electrons. The van der Waals surface area contributed by atoms with Crippen molar-refractivity contribution in [2.45, 2.75) is 18.2 Å². The summed E-state index contributed by atoms with van der Waals surface area (Å²) in [7, 11) is -3.45. The highest BCUT2D eigenvalue weighted by Gasteiger charge is 2.16. The summed E-state index contributed by atoms with van der Waals surface area (Å²) in [6.45, 7) is 2.30. The van der Waals surface area contributed by atoms with E-state index in [0.29, 0.717) is 17.4 Å². The number of hydrogen-bond acceptors (Lipinski definition) is 2. The van der Waals surface area contributed by atoms with Crippen molar-refractivity contribution in [3.05, 3.63) is 39.3 Å². The molecular weight excluding hydrogens is 370 g/mol. The molecule has 0 bridgehead atoms. The van der Waals surface area contributed by atoms with E-state index in [9.17, 15) is 8.42 Å². The van der Waals surface area contributed by atoms with Crippen molar-refractivity contribution in [1.29, 1.82) is 0 Å². The van der Waals surface area contributed by atoms with Crippen LogP contribution in [-0.2, 0) is 10.0 Å². The maximum Gasteiger partial charge on any atom is 0.241 e. The molecule has 0 saturated carbocycles. The topological polar surface area (TPSA) is 46.2 Å². The van der Waals surface area contributed by atoms with Crippen LogP contribution in [0.4, 0.5) is 0 Å². The second-order valence-corrected chi connectivity index (χ2v) is 6.84. The van der Waals surface area contributed by atoms with Gasteiger partial charge in [-0.15, -0.1) is 0 Å². The highest BCUT2D eigenvalue weighted by atomic mass is 79.9. The molecule has 0 amide bonds. The van der Waals surface area contributed by atoms with Gasteiger partial charge in [-0.05, 0) is 47.5 Å². The molecule has 17 heavy (non-hydrogen) atoms. The Bertz CT molecular complexity index is 512. The molecule has 0 aromatic heterocycles. The molecule has 0 unspecified atom stereocenters. The van der Waals surface area contributed by atoms with Gasteiger partial charge in [-0.3, -0.25) is 0 Å². The van der Waals surface area contributed by atoms with Gasteiger partial charge in [0.1, 0.15) is 0 Å². The molecule has 0 heterocycles. The van der Waals surface area contributed by atoms with Crippen LogP contribution in [0.5, 0.6) is 0 Å². The maximum absolute atomic E-state index is 12.0. The summed E-state index contributed by atoms with van der Waals surface area (Å²) >= 11 is 6.49. The van der Waals surface area contributed by atoms with Crippen molar-refractivity contribution in [1.82, 2.24) is 4.72 Å². The van der Waals surface area contributed by atoms with Crippen molar-refractivity contribution < 1.29 is 8.42 Å². The molecule has 0 atom stereocenters. The first-order valence-electron chi connectivity index (χ1n) is 5.03. The third-order valence-electron chi connectivity index (χ3n) is 2.02. The number of benzene rings is 1. The minimum absolute atomic E-state index is 0.243. The molecule has 0 aliphatic heterocycles. The van der Waals surface area contributed by atoms with Crippen LogP contribution in [0.15, 0.2) is 44.2 Å². The fraction of sp³-hybridized carbons (Fsp3) is 0.273. The minimum Gasteiger partial charge on any atom is -0.211 e.